The van der Waals surface area contributed by atoms with Gasteiger partial charge < -0.3 is 4.74 Å². The van der Waals surface area contributed by atoms with E-state index >= 15 is 0 Å². The molecule has 1 aromatic rings. The summed E-state index contributed by atoms with van der Waals surface area (Å²) in [5.74, 6) is -16.9. The molecule has 1 aromatic carbocycles. The first-order valence-corrected chi connectivity index (χ1v) is 5.46. The maximum absolute atomic E-state index is 13.0. The minimum atomic E-state index is -6.63. The molecule has 10 heteroatoms. The van der Waals surface area contributed by atoms with Crippen LogP contribution in [0, 0.1) is 0 Å². The molecule has 0 amide bonds. The van der Waals surface area contributed by atoms with E-state index in [0.29, 0.717) is 0 Å². The van der Waals surface area contributed by atoms with E-state index < -0.39 is 35.5 Å². The second-order valence-electron chi connectivity index (χ2n) is 4.12. The third kappa shape index (κ3) is 3.20. The Bertz CT molecular complexity index is 575. The van der Waals surface area contributed by atoms with Crippen LogP contribution in [0.2, 0.25) is 0 Å². The van der Waals surface area contributed by atoms with Crippen molar-refractivity contribution in [3.8, 4) is 5.75 Å². The number of ketones is 1. The van der Waals surface area contributed by atoms with Crippen LogP contribution < -0.4 is 4.74 Å². The molecule has 0 N–H and O–H groups in total. The third-order valence-corrected chi connectivity index (χ3v) is 2.48. The van der Waals surface area contributed by atoms with Gasteiger partial charge in [-0.3, -0.25) is 4.79 Å². The molecule has 0 saturated heterocycles. The maximum Gasteiger partial charge on any atom is 0.460 e. The van der Waals surface area contributed by atoms with E-state index in [0.717, 1.165) is 24.3 Å². The van der Waals surface area contributed by atoms with Crippen LogP contribution in [0.1, 0.15) is 17.3 Å². The Hall–Kier alpha value is -2.13. The lowest BCUT2D eigenvalue weighted by atomic mass is 10.1. The molecule has 0 saturated carbocycles. The number of halogens is 7. The molecule has 0 radical (unpaired) electrons. The highest BCUT2D eigenvalue weighted by Crippen LogP contribution is 2.47. The van der Waals surface area contributed by atoms with Gasteiger partial charge in [0.1, 0.15) is 5.75 Å². The van der Waals surface area contributed by atoms with E-state index in [-0.39, 0.29) is 5.56 Å². The number of alkyl halides is 7. The molecule has 0 bridgehead atoms. The lowest BCUT2D eigenvalue weighted by Gasteiger charge is -2.26. The zero-order chi connectivity index (χ0) is 17.3. The molecule has 0 unspecified atom stereocenters. The van der Waals surface area contributed by atoms with Crippen molar-refractivity contribution in [2.24, 2.45) is 0 Å². The first kappa shape index (κ1) is 17.9. The topological polar surface area (TPSA) is 43.4 Å². The lowest BCUT2D eigenvalue weighted by molar-refractivity contribution is -0.346. The fourth-order valence-corrected chi connectivity index (χ4v) is 1.24. The van der Waals surface area contributed by atoms with Crippen molar-refractivity contribution in [3.05, 3.63) is 29.8 Å². The Labute approximate surface area is 118 Å². The van der Waals surface area contributed by atoms with E-state index in [1.165, 1.54) is 6.92 Å². The number of hydrogen-bond acceptors (Lipinski definition) is 3. The van der Waals surface area contributed by atoms with Crippen molar-refractivity contribution >= 4 is 11.8 Å². The Kier molecular flexibility index (Phi) is 4.54. The normalized spacial score (nSPS) is 12.9. The zero-order valence-electron chi connectivity index (χ0n) is 10.7. The predicted molar refractivity (Wildman–Crippen MR) is 58.0 cm³/mol. The van der Waals surface area contributed by atoms with Crippen LogP contribution in [0.25, 0.3) is 0 Å². The van der Waals surface area contributed by atoms with Crippen LogP contribution in [0.3, 0.4) is 0 Å². The van der Waals surface area contributed by atoms with E-state index in [2.05, 4.69) is 4.74 Å². The van der Waals surface area contributed by atoms with Gasteiger partial charge in [0, 0.05) is 5.56 Å². The highest BCUT2D eigenvalue weighted by molar-refractivity contribution is 5.94. The van der Waals surface area contributed by atoms with Gasteiger partial charge in [-0.1, -0.05) is 0 Å². The Morgan fingerprint density at radius 1 is 0.909 bits per heavy atom. The Balaban J connectivity index is 2.98. The van der Waals surface area contributed by atoms with Gasteiger partial charge in [0.15, 0.2) is 5.78 Å². The molecular weight excluding hydrogens is 325 g/mol. The Morgan fingerprint density at radius 2 is 1.36 bits per heavy atom. The van der Waals surface area contributed by atoms with E-state index in [1.807, 2.05) is 0 Å². The molecule has 1 rings (SSSR count). The van der Waals surface area contributed by atoms with Gasteiger partial charge in [0.05, 0.1) is 0 Å². The quantitative estimate of drug-likeness (QED) is 0.366. The van der Waals surface area contributed by atoms with E-state index in [4.69, 9.17) is 0 Å². The molecule has 122 valence electrons. The number of hydrogen-bond donors (Lipinski definition) is 0. The number of carbonyl (C=O) groups is 2. The average molecular weight is 332 g/mol. The molecule has 0 atom stereocenters. The molecule has 0 aliphatic carbocycles. The monoisotopic (exact) mass is 332 g/mol. The largest absolute Gasteiger partial charge is 0.460 e. The smallest absolute Gasteiger partial charge is 0.422 e. The minimum Gasteiger partial charge on any atom is -0.422 e. The summed E-state index contributed by atoms with van der Waals surface area (Å²) in [6.45, 7) is 1.17. The van der Waals surface area contributed by atoms with Gasteiger partial charge in [-0.15, -0.1) is 0 Å². The van der Waals surface area contributed by atoms with Crippen molar-refractivity contribution in [2.45, 2.75) is 24.9 Å². The number of esters is 1. The number of rotatable bonds is 4. The summed E-state index contributed by atoms with van der Waals surface area (Å²) in [5, 5.41) is 0. The van der Waals surface area contributed by atoms with Gasteiger partial charge in [-0.25, -0.2) is 4.79 Å². The standard InChI is InChI=1S/C12H7F7O3/c1-6(20)7-2-4-8(5-3-7)22-9(21)10(13,14)11(15,16)12(17,18)19/h2-5H,1H3. The molecule has 3 nitrogen and oxygen atoms in total. The fourth-order valence-electron chi connectivity index (χ4n) is 1.24. The summed E-state index contributed by atoms with van der Waals surface area (Å²) >= 11 is 0. The van der Waals surface area contributed by atoms with Crippen LogP contribution in [0.5, 0.6) is 5.75 Å². The highest BCUT2D eigenvalue weighted by Gasteiger charge is 2.77. The predicted octanol–water partition coefficient (Wildman–Crippen LogP) is 3.63. The highest BCUT2D eigenvalue weighted by atomic mass is 19.4. The van der Waals surface area contributed by atoms with Gasteiger partial charge in [-0.05, 0) is 31.2 Å². The Morgan fingerprint density at radius 3 is 1.73 bits per heavy atom. The molecule has 0 spiro atoms. The molecule has 0 fully saturated rings. The van der Waals surface area contributed by atoms with Gasteiger partial charge in [0.25, 0.3) is 0 Å². The molecule has 0 aromatic heterocycles. The number of benzene rings is 1. The van der Waals surface area contributed by atoms with E-state index in [9.17, 15) is 40.3 Å². The average Bonchev–Trinajstić information content (AvgIpc) is 2.37. The summed E-state index contributed by atoms with van der Waals surface area (Å²) in [7, 11) is 0. The first-order valence-electron chi connectivity index (χ1n) is 5.46. The van der Waals surface area contributed by atoms with Crippen molar-refractivity contribution in [3.63, 3.8) is 0 Å². The summed E-state index contributed by atoms with van der Waals surface area (Å²) in [5.41, 5.74) is 0.0900. The maximum atomic E-state index is 13.0. The number of Topliss-reactive ketones (excluding diaryl/α,β-unsaturated/α-hetero) is 1. The van der Waals surface area contributed by atoms with Crippen LogP contribution in [0.4, 0.5) is 30.7 Å². The van der Waals surface area contributed by atoms with Crippen LogP contribution in [-0.2, 0) is 4.79 Å². The third-order valence-electron chi connectivity index (χ3n) is 2.48. The second kappa shape index (κ2) is 5.58. The number of ether oxygens (including phenoxy) is 1. The van der Waals surface area contributed by atoms with Crippen LogP contribution in [-0.4, -0.2) is 29.8 Å². The summed E-state index contributed by atoms with van der Waals surface area (Å²) < 4.78 is 90.7. The van der Waals surface area contributed by atoms with Gasteiger partial charge in [0.2, 0.25) is 0 Å². The summed E-state index contributed by atoms with van der Waals surface area (Å²) in [6, 6.07) is 3.64. The molecule has 0 heterocycles. The molecule has 0 aliphatic rings. The zero-order valence-corrected chi connectivity index (χ0v) is 10.7. The number of carbonyl (C=O) groups excluding carboxylic acids is 2. The minimum absolute atomic E-state index is 0.0900. The van der Waals surface area contributed by atoms with Crippen molar-refractivity contribution in [1.29, 1.82) is 0 Å². The van der Waals surface area contributed by atoms with Crippen LogP contribution in [0.15, 0.2) is 24.3 Å². The summed E-state index contributed by atoms with van der Waals surface area (Å²) in [4.78, 5) is 21.9. The molecule has 22 heavy (non-hydrogen) atoms. The van der Waals surface area contributed by atoms with Gasteiger partial charge >= 0.3 is 24.0 Å². The van der Waals surface area contributed by atoms with Crippen molar-refractivity contribution in [1.82, 2.24) is 0 Å². The van der Waals surface area contributed by atoms with E-state index in [1.54, 1.807) is 0 Å². The fraction of sp³-hybridized carbons (Fsp3) is 0.333. The molecule has 0 aliphatic heterocycles. The summed E-state index contributed by atoms with van der Waals surface area (Å²) in [6.07, 6.45) is -6.63. The van der Waals surface area contributed by atoms with Gasteiger partial charge in [-0.2, -0.15) is 30.7 Å². The lowest BCUT2D eigenvalue weighted by Crippen LogP contribution is -2.57. The first-order chi connectivity index (χ1) is 9.80. The van der Waals surface area contributed by atoms with Crippen molar-refractivity contribution in [2.75, 3.05) is 0 Å². The second-order valence-corrected chi connectivity index (χ2v) is 4.12. The van der Waals surface area contributed by atoms with Crippen molar-refractivity contribution < 1.29 is 45.1 Å². The van der Waals surface area contributed by atoms with Crippen LogP contribution >= 0.6 is 0 Å². The molecular formula is C12H7F7O3. The SMILES string of the molecule is CC(=O)c1ccc(OC(=O)C(F)(F)C(F)(F)C(F)(F)F)cc1.